The van der Waals surface area contributed by atoms with Crippen molar-refractivity contribution in [3.63, 3.8) is 0 Å². The summed E-state index contributed by atoms with van der Waals surface area (Å²) in [5, 5.41) is 11.8. The van der Waals surface area contributed by atoms with E-state index in [9.17, 15) is 4.79 Å². The molecule has 0 spiro atoms. The van der Waals surface area contributed by atoms with Gasteiger partial charge in [0.2, 0.25) is 0 Å². The fourth-order valence-corrected chi connectivity index (χ4v) is 1.13. The van der Waals surface area contributed by atoms with E-state index in [0.29, 0.717) is 6.54 Å². The summed E-state index contributed by atoms with van der Waals surface area (Å²) in [5.41, 5.74) is -0.123. The number of carboxylic acid groups (broad SMARTS) is 1. The molecule has 0 aliphatic rings. The molecule has 0 aliphatic carbocycles. The van der Waals surface area contributed by atoms with Crippen LogP contribution in [0, 0.1) is 0 Å². The van der Waals surface area contributed by atoms with Crippen LogP contribution in [0.5, 0.6) is 0 Å². The van der Waals surface area contributed by atoms with Crippen molar-refractivity contribution >= 4 is 21.9 Å². The molecule has 0 saturated heterocycles. The largest absolute Gasteiger partial charge is 0.480 e. The van der Waals surface area contributed by atoms with Gasteiger partial charge in [-0.25, -0.2) is 0 Å². The minimum absolute atomic E-state index is 0.437. The van der Waals surface area contributed by atoms with Crippen LogP contribution >= 0.6 is 15.9 Å². The van der Waals surface area contributed by atoms with Crippen LogP contribution < -0.4 is 5.32 Å². The van der Waals surface area contributed by atoms with Crippen molar-refractivity contribution in [2.75, 3.05) is 0 Å². The highest BCUT2D eigenvalue weighted by Crippen LogP contribution is 2.08. The van der Waals surface area contributed by atoms with Crippen molar-refractivity contribution in [2.24, 2.45) is 0 Å². The van der Waals surface area contributed by atoms with Crippen LogP contribution in [0.3, 0.4) is 0 Å². The number of aromatic nitrogens is 1. The smallest absolute Gasteiger partial charge is 0.323 e. The van der Waals surface area contributed by atoms with Crippen molar-refractivity contribution in [2.45, 2.75) is 25.9 Å². The lowest BCUT2D eigenvalue weighted by molar-refractivity contribution is -0.143. The quantitative estimate of drug-likeness (QED) is 0.878. The molecule has 5 heteroatoms. The third-order valence-corrected chi connectivity index (χ3v) is 2.50. The van der Waals surface area contributed by atoms with Crippen LogP contribution in [0.2, 0.25) is 0 Å². The van der Waals surface area contributed by atoms with E-state index in [4.69, 9.17) is 5.11 Å². The summed E-state index contributed by atoms with van der Waals surface area (Å²) in [7, 11) is 0. The predicted octanol–water partition coefficient (Wildman–Crippen LogP) is 1.80. The Bertz CT molecular complexity index is 349. The van der Waals surface area contributed by atoms with Crippen molar-refractivity contribution in [3.05, 3.63) is 28.5 Å². The van der Waals surface area contributed by atoms with Crippen LogP contribution in [-0.2, 0) is 11.3 Å². The molecule has 0 saturated carbocycles. The van der Waals surface area contributed by atoms with Gasteiger partial charge in [-0.2, -0.15) is 0 Å². The number of pyridine rings is 1. The molecule has 0 aliphatic heterocycles. The summed E-state index contributed by atoms with van der Waals surface area (Å²) in [6.07, 6.45) is 1.69. The van der Waals surface area contributed by atoms with Gasteiger partial charge in [-0.3, -0.25) is 15.1 Å². The number of hydrogen-bond acceptors (Lipinski definition) is 3. The average molecular weight is 273 g/mol. The number of nitrogens with zero attached hydrogens (tertiary/aromatic N) is 1. The maximum absolute atomic E-state index is 10.8. The highest BCUT2D eigenvalue weighted by molar-refractivity contribution is 9.10. The van der Waals surface area contributed by atoms with Crippen LogP contribution in [0.15, 0.2) is 22.8 Å². The van der Waals surface area contributed by atoms with Crippen molar-refractivity contribution in [1.82, 2.24) is 10.3 Å². The molecule has 0 aromatic carbocycles. The monoisotopic (exact) mass is 272 g/mol. The standard InChI is InChI=1S/C10H13BrN2O2/c1-10(2,9(14)15)13-6-8-4-3-7(11)5-12-8/h3-5,13H,6H2,1-2H3,(H,14,15). The number of halogens is 1. The van der Waals surface area contributed by atoms with Gasteiger partial charge in [-0.15, -0.1) is 0 Å². The normalized spacial score (nSPS) is 11.4. The maximum Gasteiger partial charge on any atom is 0.323 e. The van der Waals surface area contributed by atoms with Crippen LogP contribution in [0.4, 0.5) is 0 Å². The fourth-order valence-electron chi connectivity index (χ4n) is 0.898. The number of nitrogens with one attached hydrogen (secondary N) is 1. The summed E-state index contributed by atoms with van der Waals surface area (Å²) in [6, 6.07) is 3.72. The zero-order chi connectivity index (χ0) is 11.5. The minimum atomic E-state index is -0.936. The Kier molecular flexibility index (Phi) is 3.82. The lowest BCUT2D eigenvalue weighted by Gasteiger charge is -2.20. The average Bonchev–Trinajstić information content (AvgIpc) is 2.17. The van der Waals surface area contributed by atoms with Gasteiger partial charge in [-0.1, -0.05) is 0 Å². The zero-order valence-corrected chi connectivity index (χ0v) is 10.2. The molecule has 1 heterocycles. The lowest BCUT2D eigenvalue weighted by atomic mass is 10.1. The van der Waals surface area contributed by atoms with Gasteiger partial charge in [0.05, 0.1) is 5.69 Å². The van der Waals surface area contributed by atoms with Crippen LogP contribution in [-0.4, -0.2) is 21.6 Å². The summed E-state index contributed by atoms with van der Waals surface area (Å²) in [5.74, 6) is -0.875. The first-order valence-corrected chi connectivity index (χ1v) is 5.30. The molecule has 2 N–H and O–H groups in total. The summed E-state index contributed by atoms with van der Waals surface area (Å²) < 4.78 is 0.906. The number of aliphatic carboxylic acids is 1. The molecule has 1 rings (SSSR count). The van der Waals surface area contributed by atoms with Gasteiger partial charge >= 0.3 is 5.97 Å². The van der Waals surface area contributed by atoms with E-state index in [0.717, 1.165) is 10.2 Å². The molecule has 1 aromatic heterocycles. The second-order valence-electron chi connectivity index (χ2n) is 3.75. The molecule has 1 aromatic rings. The highest BCUT2D eigenvalue weighted by atomic mass is 79.9. The second-order valence-corrected chi connectivity index (χ2v) is 4.67. The molecular weight excluding hydrogens is 260 g/mol. The van der Waals surface area contributed by atoms with Crippen molar-refractivity contribution in [1.29, 1.82) is 0 Å². The van der Waals surface area contributed by atoms with Crippen molar-refractivity contribution in [3.8, 4) is 0 Å². The van der Waals surface area contributed by atoms with Crippen LogP contribution in [0.25, 0.3) is 0 Å². The van der Waals surface area contributed by atoms with Gasteiger partial charge < -0.3 is 5.11 Å². The molecule has 0 atom stereocenters. The van der Waals surface area contributed by atoms with E-state index in [1.807, 2.05) is 12.1 Å². The number of carboxylic acids is 1. The van der Waals surface area contributed by atoms with E-state index >= 15 is 0 Å². The fraction of sp³-hybridized carbons (Fsp3) is 0.400. The Hall–Kier alpha value is -0.940. The van der Waals surface area contributed by atoms with Gasteiger partial charge in [0.25, 0.3) is 0 Å². The van der Waals surface area contributed by atoms with Gasteiger partial charge in [0.15, 0.2) is 0 Å². The van der Waals surface area contributed by atoms with Gasteiger partial charge in [0, 0.05) is 17.2 Å². The van der Waals surface area contributed by atoms with Crippen molar-refractivity contribution < 1.29 is 9.90 Å². The Balaban J connectivity index is 2.57. The SMILES string of the molecule is CC(C)(NCc1ccc(Br)cn1)C(=O)O. The van der Waals surface area contributed by atoms with Gasteiger partial charge in [0.1, 0.15) is 5.54 Å². The topological polar surface area (TPSA) is 62.2 Å². The molecular formula is C10H13BrN2O2. The summed E-state index contributed by atoms with van der Waals surface area (Å²) in [4.78, 5) is 14.9. The lowest BCUT2D eigenvalue weighted by Crippen LogP contribution is -2.46. The number of hydrogen-bond donors (Lipinski definition) is 2. The first-order valence-electron chi connectivity index (χ1n) is 4.50. The van der Waals surface area contributed by atoms with E-state index in [-0.39, 0.29) is 0 Å². The Morgan fingerprint density at radius 1 is 1.60 bits per heavy atom. The maximum atomic E-state index is 10.8. The predicted molar refractivity (Wildman–Crippen MR) is 60.5 cm³/mol. The molecule has 0 radical (unpaired) electrons. The number of carbonyl (C=O) groups is 1. The highest BCUT2D eigenvalue weighted by Gasteiger charge is 2.25. The molecule has 0 fully saturated rings. The molecule has 0 unspecified atom stereocenters. The molecule has 4 nitrogen and oxygen atoms in total. The molecule has 0 bridgehead atoms. The second kappa shape index (κ2) is 4.72. The van der Waals surface area contributed by atoms with E-state index in [1.165, 1.54) is 0 Å². The third kappa shape index (κ3) is 3.60. The van der Waals surface area contributed by atoms with E-state index in [2.05, 4.69) is 26.2 Å². The number of rotatable bonds is 4. The molecule has 82 valence electrons. The first kappa shape index (κ1) is 12.1. The summed E-state index contributed by atoms with van der Waals surface area (Å²) >= 11 is 3.28. The Labute approximate surface area is 96.8 Å². The Morgan fingerprint density at radius 3 is 2.73 bits per heavy atom. The van der Waals surface area contributed by atoms with Gasteiger partial charge in [-0.05, 0) is 41.9 Å². The van der Waals surface area contributed by atoms with E-state index in [1.54, 1.807) is 20.0 Å². The first-order chi connectivity index (χ1) is 6.92. The minimum Gasteiger partial charge on any atom is -0.480 e. The zero-order valence-electron chi connectivity index (χ0n) is 8.62. The molecule has 15 heavy (non-hydrogen) atoms. The third-order valence-electron chi connectivity index (χ3n) is 2.03. The molecule has 0 amide bonds. The van der Waals surface area contributed by atoms with Crippen LogP contribution in [0.1, 0.15) is 19.5 Å². The van der Waals surface area contributed by atoms with E-state index < -0.39 is 11.5 Å². The Morgan fingerprint density at radius 2 is 2.27 bits per heavy atom. The summed E-state index contributed by atoms with van der Waals surface area (Å²) in [6.45, 7) is 3.68.